The van der Waals surface area contributed by atoms with E-state index in [2.05, 4.69) is 69.2 Å². The molecular formula is C17H28N2. The molecule has 106 valence electrons. The molecule has 0 saturated carbocycles. The molecule has 0 bridgehead atoms. The summed E-state index contributed by atoms with van der Waals surface area (Å²) in [6.07, 6.45) is 1.24. The van der Waals surface area contributed by atoms with Crippen LogP contribution in [0, 0.1) is 12.8 Å². The molecule has 1 saturated heterocycles. The van der Waals surface area contributed by atoms with Gasteiger partial charge in [0.05, 0.1) is 0 Å². The maximum atomic E-state index is 3.85. The summed E-state index contributed by atoms with van der Waals surface area (Å²) in [5.74, 6) is 0.715. The first-order valence-corrected chi connectivity index (χ1v) is 7.51. The molecule has 3 unspecified atom stereocenters. The van der Waals surface area contributed by atoms with Crippen molar-refractivity contribution in [3.05, 3.63) is 35.4 Å². The van der Waals surface area contributed by atoms with Crippen molar-refractivity contribution in [1.29, 1.82) is 0 Å². The summed E-state index contributed by atoms with van der Waals surface area (Å²) in [5, 5.41) is 3.85. The van der Waals surface area contributed by atoms with Gasteiger partial charge in [0.15, 0.2) is 0 Å². The van der Waals surface area contributed by atoms with Crippen molar-refractivity contribution >= 4 is 0 Å². The van der Waals surface area contributed by atoms with Crippen LogP contribution in [0.25, 0.3) is 0 Å². The van der Waals surface area contributed by atoms with Crippen LogP contribution in [0.15, 0.2) is 24.3 Å². The Balaban J connectivity index is 2.03. The molecule has 4 atom stereocenters. The molecule has 1 aliphatic rings. The van der Waals surface area contributed by atoms with E-state index in [9.17, 15) is 0 Å². The zero-order valence-corrected chi connectivity index (χ0v) is 13.0. The Morgan fingerprint density at radius 2 is 1.95 bits per heavy atom. The van der Waals surface area contributed by atoms with Crippen LogP contribution in [0.1, 0.15) is 44.4 Å². The number of hydrogen-bond acceptors (Lipinski definition) is 2. The van der Waals surface area contributed by atoms with Crippen LogP contribution in [0.4, 0.5) is 0 Å². The van der Waals surface area contributed by atoms with Crippen molar-refractivity contribution in [2.75, 3.05) is 13.6 Å². The van der Waals surface area contributed by atoms with E-state index in [1.807, 2.05) is 0 Å². The van der Waals surface area contributed by atoms with Crippen LogP contribution in [-0.2, 0) is 0 Å². The smallest absolute Gasteiger partial charge is 0.0297 e. The molecule has 1 aromatic rings. The van der Waals surface area contributed by atoms with E-state index in [1.54, 1.807) is 0 Å². The lowest BCUT2D eigenvalue weighted by Crippen LogP contribution is -2.51. The minimum atomic E-state index is 0.434. The highest BCUT2D eigenvalue weighted by molar-refractivity contribution is 5.28. The van der Waals surface area contributed by atoms with Gasteiger partial charge >= 0.3 is 0 Å². The molecule has 0 amide bonds. The van der Waals surface area contributed by atoms with Gasteiger partial charge in [-0.15, -0.1) is 0 Å². The summed E-state index contributed by atoms with van der Waals surface area (Å²) in [6, 6.07) is 10.4. The lowest BCUT2D eigenvalue weighted by Gasteiger charge is -2.41. The van der Waals surface area contributed by atoms with Crippen LogP contribution in [0.5, 0.6) is 0 Å². The quantitative estimate of drug-likeness (QED) is 0.896. The van der Waals surface area contributed by atoms with E-state index >= 15 is 0 Å². The first-order valence-electron chi connectivity index (χ1n) is 7.51. The maximum Gasteiger partial charge on any atom is 0.0297 e. The monoisotopic (exact) mass is 260 g/mol. The highest BCUT2D eigenvalue weighted by Gasteiger charge is 2.29. The van der Waals surface area contributed by atoms with E-state index in [1.165, 1.54) is 24.1 Å². The Bertz CT molecular complexity index is 415. The third-order valence-electron chi connectivity index (χ3n) is 4.73. The highest BCUT2D eigenvalue weighted by atomic mass is 15.2. The van der Waals surface area contributed by atoms with Gasteiger partial charge in [-0.1, -0.05) is 31.2 Å². The lowest BCUT2D eigenvalue weighted by molar-refractivity contribution is 0.116. The number of nitrogens with one attached hydrogen (secondary N) is 1. The molecule has 1 heterocycles. The number of hydrogen-bond donors (Lipinski definition) is 1. The van der Waals surface area contributed by atoms with Crippen LogP contribution in [0.2, 0.25) is 0 Å². The average Bonchev–Trinajstić information content (AvgIpc) is 2.36. The Hall–Kier alpha value is -0.860. The van der Waals surface area contributed by atoms with Crippen molar-refractivity contribution in [1.82, 2.24) is 10.2 Å². The molecule has 0 radical (unpaired) electrons. The van der Waals surface area contributed by atoms with Crippen LogP contribution in [0.3, 0.4) is 0 Å². The van der Waals surface area contributed by atoms with Gasteiger partial charge in [0.2, 0.25) is 0 Å². The van der Waals surface area contributed by atoms with Gasteiger partial charge in [-0.25, -0.2) is 0 Å². The Labute approximate surface area is 118 Å². The fourth-order valence-corrected chi connectivity index (χ4v) is 3.26. The minimum absolute atomic E-state index is 0.434. The third-order valence-corrected chi connectivity index (χ3v) is 4.73. The second kappa shape index (κ2) is 6.06. The van der Waals surface area contributed by atoms with Crippen molar-refractivity contribution in [3.8, 4) is 0 Å². The van der Waals surface area contributed by atoms with Crippen molar-refractivity contribution in [2.24, 2.45) is 5.92 Å². The van der Waals surface area contributed by atoms with Crippen LogP contribution < -0.4 is 5.32 Å². The predicted octanol–water partition coefficient (Wildman–Crippen LogP) is 3.37. The number of rotatable bonds is 3. The third kappa shape index (κ3) is 3.37. The molecule has 2 rings (SSSR count). The molecule has 1 fully saturated rings. The summed E-state index contributed by atoms with van der Waals surface area (Å²) in [5.41, 5.74) is 2.82. The van der Waals surface area contributed by atoms with Gasteiger partial charge in [0, 0.05) is 24.7 Å². The molecule has 0 spiro atoms. The Kier molecular flexibility index (Phi) is 4.64. The van der Waals surface area contributed by atoms with Gasteiger partial charge in [-0.2, -0.15) is 0 Å². The second-order valence-electron chi connectivity index (χ2n) is 6.35. The summed E-state index contributed by atoms with van der Waals surface area (Å²) >= 11 is 0. The zero-order valence-electron chi connectivity index (χ0n) is 13.0. The van der Waals surface area contributed by atoms with E-state index in [0.29, 0.717) is 24.0 Å². The number of nitrogens with zero attached hydrogens (tertiary/aromatic N) is 1. The number of piperidine rings is 1. The number of likely N-dealkylation sites (tertiary alicyclic amines) is 1. The van der Waals surface area contributed by atoms with E-state index in [4.69, 9.17) is 0 Å². The molecule has 2 heteroatoms. The molecule has 1 aliphatic heterocycles. The Morgan fingerprint density at radius 1 is 1.26 bits per heavy atom. The van der Waals surface area contributed by atoms with Crippen LogP contribution in [-0.4, -0.2) is 30.6 Å². The SMILES string of the molecule is Cc1ccccc1[C@@H](C)NC1CC(C)N(C)CC1C. The molecule has 2 nitrogen and oxygen atoms in total. The average molecular weight is 260 g/mol. The van der Waals surface area contributed by atoms with Crippen molar-refractivity contribution < 1.29 is 0 Å². The van der Waals surface area contributed by atoms with E-state index < -0.39 is 0 Å². The first kappa shape index (κ1) is 14.5. The van der Waals surface area contributed by atoms with Crippen molar-refractivity contribution in [3.63, 3.8) is 0 Å². The fraction of sp³-hybridized carbons (Fsp3) is 0.647. The number of benzene rings is 1. The van der Waals surface area contributed by atoms with E-state index in [0.717, 1.165) is 0 Å². The molecule has 1 N–H and O–H groups in total. The predicted molar refractivity (Wildman–Crippen MR) is 82.4 cm³/mol. The lowest BCUT2D eigenvalue weighted by atomic mass is 9.88. The zero-order chi connectivity index (χ0) is 14.0. The van der Waals surface area contributed by atoms with E-state index in [-0.39, 0.29) is 0 Å². The van der Waals surface area contributed by atoms with Gasteiger partial charge in [0.1, 0.15) is 0 Å². The standard InChI is InChI=1S/C17H28N2/c1-12-8-6-7-9-16(12)15(4)18-17-10-14(3)19(5)11-13(17)2/h6-9,13-15,17-18H,10-11H2,1-5H3/t13?,14?,15-,17?/m1/s1. The molecule has 0 aliphatic carbocycles. The van der Waals surface area contributed by atoms with Gasteiger partial charge in [-0.05, 0) is 51.3 Å². The van der Waals surface area contributed by atoms with Gasteiger partial charge in [0.25, 0.3) is 0 Å². The summed E-state index contributed by atoms with van der Waals surface area (Å²) in [7, 11) is 2.24. The Morgan fingerprint density at radius 3 is 2.63 bits per heavy atom. The molecule has 1 aromatic carbocycles. The normalized spacial score (nSPS) is 30.3. The largest absolute Gasteiger partial charge is 0.307 e. The maximum absolute atomic E-state index is 3.85. The topological polar surface area (TPSA) is 15.3 Å². The molecule has 19 heavy (non-hydrogen) atoms. The summed E-state index contributed by atoms with van der Waals surface area (Å²) in [6.45, 7) is 10.4. The fourth-order valence-electron chi connectivity index (χ4n) is 3.26. The van der Waals surface area contributed by atoms with Crippen molar-refractivity contribution in [2.45, 2.75) is 52.2 Å². The van der Waals surface area contributed by atoms with Gasteiger partial charge in [-0.3, -0.25) is 0 Å². The minimum Gasteiger partial charge on any atom is -0.307 e. The first-order chi connectivity index (χ1) is 8.99. The summed E-state index contributed by atoms with van der Waals surface area (Å²) in [4.78, 5) is 2.47. The number of aryl methyl sites for hydroxylation is 1. The molecule has 0 aromatic heterocycles. The second-order valence-corrected chi connectivity index (χ2v) is 6.35. The molecular weight excluding hydrogens is 232 g/mol. The highest BCUT2D eigenvalue weighted by Crippen LogP contribution is 2.24. The van der Waals surface area contributed by atoms with Gasteiger partial charge < -0.3 is 10.2 Å². The summed E-state index contributed by atoms with van der Waals surface area (Å²) < 4.78 is 0. The van der Waals surface area contributed by atoms with Crippen LogP contribution >= 0.6 is 0 Å².